The maximum atomic E-state index is 11.9. The fourth-order valence-corrected chi connectivity index (χ4v) is 1.87. The average molecular weight is 270 g/mol. The van der Waals surface area contributed by atoms with Gasteiger partial charge in [0.1, 0.15) is 6.54 Å². The van der Waals surface area contributed by atoms with Gasteiger partial charge < -0.3 is 10.3 Å². The van der Waals surface area contributed by atoms with E-state index in [4.69, 9.17) is 0 Å². The third kappa shape index (κ3) is 3.74. The summed E-state index contributed by atoms with van der Waals surface area (Å²) in [5.74, 6) is -0.595. The highest BCUT2D eigenvalue weighted by molar-refractivity contribution is 5.84. The van der Waals surface area contributed by atoms with Crippen molar-refractivity contribution in [2.45, 2.75) is 19.0 Å². The zero-order valence-corrected chi connectivity index (χ0v) is 10.1. The Kier molecular flexibility index (Phi) is 3.78. The maximum absolute atomic E-state index is 11.9. The molecule has 0 radical (unpaired) electrons. The smallest absolute Gasteiger partial charge is 0.361 e. The zero-order chi connectivity index (χ0) is 13.9. The number of halogens is 3. The summed E-state index contributed by atoms with van der Waals surface area (Å²) in [6, 6.07) is 7.58. The maximum Gasteiger partial charge on any atom is 0.405 e. The Morgan fingerprint density at radius 3 is 2.74 bits per heavy atom. The van der Waals surface area contributed by atoms with Crippen LogP contribution in [0.25, 0.3) is 10.9 Å². The van der Waals surface area contributed by atoms with Crippen molar-refractivity contribution in [3.05, 3.63) is 36.0 Å². The fraction of sp³-hybridized carbons (Fsp3) is 0.308. The van der Waals surface area contributed by atoms with Crippen molar-refractivity contribution in [2.75, 3.05) is 6.54 Å². The number of carbonyl (C=O) groups excluding carboxylic acids is 1. The molecule has 1 heterocycles. The Bertz CT molecular complexity index is 575. The van der Waals surface area contributed by atoms with Crippen molar-refractivity contribution in [1.29, 1.82) is 0 Å². The topological polar surface area (TPSA) is 44.9 Å². The minimum Gasteiger partial charge on any atom is -0.361 e. The standard InChI is InChI=1S/C13H13F3N2O/c14-13(15,16)8-18-12(19)6-5-9-7-17-11-4-2-1-3-10(9)11/h1-4,7,17H,5-6,8H2,(H,18,19). The van der Waals surface area contributed by atoms with Gasteiger partial charge in [0.25, 0.3) is 0 Å². The van der Waals surface area contributed by atoms with E-state index in [1.165, 1.54) is 0 Å². The second-order valence-electron chi connectivity index (χ2n) is 4.25. The number of carbonyl (C=O) groups is 1. The van der Waals surface area contributed by atoms with Crippen molar-refractivity contribution < 1.29 is 18.0 Å². The number of aryl methyl sites for hydroxylation is 1. The largest absolute Gasteiger partial charge is 0.405 e. The van der Waals surface area contributed by atoms with E-state index in [0.29, 0.717) is 6.42 Å². The first kappa shape index (κ1) is 13.5. The molecule has 0 saturated heterocycles. The van der Waals surface area contributed by atoms with E-state index in [1.807, 2.05) is 29.6 Å². The van der Waals surface area contributed by atoms with Crippen LogP contribution in [0, 0.1) is 0 Å². The number of para-hydroxylation sites is 1. The van der Waals surface area contributed by atoms with Gasteiger partial charge in [-0.25, -0.2) is 0 Å². The van der Waals surface area contributed by atoms with E-state index < -0.39 is 18.6 Å². The Balaban J connectivity index is 1.90. The number of rotatable bonds is 4. The first-order valence-electron chi connectivity index (χ1n) is 5.84. The normalized spacial score (nSPS) is 11.7. The van der Waals surface area contributed by atoms with Gasteiger partial charge in [0, 0.05) is 23.5 Å². The van der Waals surface area contributed by atoms with Crippen LogP contribution in [0.15, 0.2) is 30.5 Å². The van der Waals surface area contributed by atoms with Gasteiger partial charge in [-0.15, -0.1) is 0 Å². The molecule has 0 aliphatic heterocycles. The van der Waals surface area contributed by atoms with E-state index >= 15 is 0 Å². The molecule has 6 heteroatoms. The zero-order valence-electron chi connectivity index (χ0n) is 10.1. The van der Waals surface area contributed by atoms with Crippen LogP contribution in [-0.4, -0.2) is 23.6 Å². The van der Waals surface area contributed by atoms with Gasteiger partial charge in [-0.1, -0.05) is 18.2 Å². The summed E-state index contributed by atoms with van der Waals surface area (Å²) in [7, 11) is 0. The lowest BCUT2D eigenvalue weighted by molar-refractivity contribution is -0.138. The quantitative estimate of drug-likeness (QED) is 0.881. The molecule has 1 amide bonds. The number of amides is 1. The number of fused-ring (bicyclic) bond motifs is 1. The summed E-state index contributed by atoms with van der Waals surface area (Å²) in [5.41, 5.74) is 1.88. The van der Waals surface area contributed by atoms with E-state index in [0.717, 1.165) is 16.5 Å². The number of H-pyrrole nitrogens is 1. The monoisotopic (exact) mass is 270 g/mol. The fourth-order valence-electron chi connectivity index (χ4n) is 1.87. The van der Waals surface area contributed by atoms with Crippen molar-refractivity contribution in [1.82, 2.24) is 10.3 Å². The molecule has 0 fully saturated rings. The molecule has 0 bridgehead atoms. The average Bonchev–Trinajstić information content (AvgIpc) is 2.76. The Morgan fingerprint density at radius 1 is 1.26 bits per heavy atom. The highest BCUT2D eigenvalue weighted by Gasteiger charge is 2.27. The second-order valence-corrected chi connectivity index (χ2v) is 4.25. The van der Waals surface area contributed by atoms with Crippen molar-refractivity contribution in [2.24, 2.45) is 0 Å². The number of aromatic nitrogens is 1. The SMILES string of the molecule is O=C(CCc1c[nH]c2ccccc12)NCC(F)(F)F. The number of benzene rings is 1. The van der Waals surface area contributed by atoms with Gasteiger partial charge >= 0.3 is 6.18 Å². The molecule has 2 aromatic rings. The lowest BCUT2D eigenvalue weighted by atomic mass is 10.1. The first-order chi connectivity index (χ1) is 8.96. The number of nitrogens with one attached hydrogen (secondary N) is 2. The molecule has 1 aromatic heterocycles. The van der Waals surface area contributed by atoms with Crippen molar-refractivity contribution >= 4 is 16.8 Å². The van der Waals surface area contributed by atoms with Crippen LogP contribution in [-0.2, 0) is 11.2 Å². The molecule has 2 N–H and O–H groups in total. The van der Waals surface area contributed by atoms with Crippen LogP contribution >= 0.6 is 0 Å². The van der Waals surface area contributed by atoms with Crippen LogP contribution in [0.3, 0.4) is 0 Å². The molecule has 0 spiro atoms. The predicted molar refractivity (Wildman–Crippen MR) is 65.7 cm³/mol. The Morgan fingerprint density at radius 2 is 2.00 bits per heavy atom. The summed E-state index contributed by atoms with van der Waals surface area (Å²) in [4.78, 5) is 14.4. The van der Waals surface area contributed by atoms with E-state index in [1.54, 1.807) is 6.20 Å². The molecule has 2 rings (SSSR count). The molecule has 0 saturated carbocycles. The van der Waals surface area contributed by atoms with Gasteiger partial charge in [0.15, 0.2) is 0 Å². The Labute approximate surface area is 107 Å². The van der Waals surface area contributed by atoms with Crippen LogP contribution in [0.1, 0.15) is 12.0 Å². The summed E-state index contributed by atoms with van der Waals surface area (Å²) >= 11 is 0. The summed E-state index contributed by atoms with van der Waals surface area (Å²) in [6.45, 7) is -1.28. The van der Waals surface area contributed by atoms with Crippen LogP contribution < -0.4 is 5.32 Å². The van der Waals surface area contributed by atoms with Crippen LogP contribution in [0.2, 0.25) is 0 Å². The van der Waals surface area contributed by atoms with E-state index in [-0.39, 0.29) is 6.42 Å². The number of aromatic amines is 1. The third-order valence-electron chi connectivity index (χ3n) is 2.78. The lowest BCUT2D eigenvalue weighted by Crippen LogP contribution is -2.33. The summed E-state index contributed by atoms with van der Waals surface area (Å²) in [5, 5.41) is 2.85. The molecule has 0 unspecified atom stereocenters. The van der Waals surface area contributed by atoms with E-state index in [9.17, 15) is 18.0 Å². The molecule has 19 heavy (non-hydrogen) atoms. The highest BCUT2D eigenvalue weighted by atomic mass is 19.4. The van der Waals surface area contributed by atoms with Crippen LogP contribution in [0.5, 0.6) is 0 Å². The molecule has 0 atom stereocenters. The minimum absolute atomic E-state index is 0.0396. The van der Waals surface area contributed by atoms with E-state index in [2.05, 4.69) is 4.98 Å². The molecule has 3 nitrogen and oxygen atoms in total. The van der Waals surface area contributed by atoms with Crippen LogP contribution in [0.4, 0.5) is 13.2 Å². The molecule has 0 aliphatic rings. The number of hydrogen-bond acceptors (Lipinski definition) is 1. The molecule has 1 aromatic carbocycles. The first-order valence-corrected chi connectivity index (χ1v) is 5.84. The summed E-state index contributed by atoms with van der Waals surface area (Å²) < 4.78 is 35.8. The number of hydrogen-bond donors (Lipinski definition) is 2. The van der Waals surface area contributed by atoms with Gasteiger partial charge in [0.2, 0.25) is 5.91 Å². The Hall–Kier alpha value is -1.98. The molecule has 0 aliphatic carbocycles. The lowest BCUT2D eigenvalue weighted by Gasteiger charge is -2.07. The molecular formula is C13H13F3N2O. The van der Waals surface area contributed by atoms with Crippen molar-refractivity contribution in [3.8, 4) is 0 Å². The van der Waals surface area contributed by atoms with Gasteiger partial charge in [-0.2, -0.15) is 13.2 Å². The van der Waals surface area contributed by atoms with Crippen molar-refractivity contribution in [3.63, 3.8) is 0 Å². The molecular weight excluding hydrogens is 257 g/mol. The van der Waals surface area contributed by atoms with Gasteiger partial charge in [-0.3, -0.25) is 4.79 Å². The minimum atomic E-state index is -4.36. The number of alkyl halides is 3. The van der Waals surface area contributed by atoms with Gasteiger partial charge in [0.05, 0.1) is 0 Å². The predicted octanol–water partition coefficient (Wildman–Crippen LogP) is 2.78. The highest BCUT2D eigenvalue weighted by Crippen LogP contribution is 2.19. The second kappa shape index (κ2) is 5.34. The third-order valence-corrected chi connectivity index (χ3v) is 2.78. The molecule has 102 valence electrons. The van der Waals surface area contributed by atoms with Gasteiger partial charge in [-0.05, 0) is 18.1 Å². The summed E-state index contributed by atoms with van der Waals surface area (Å²) in [6.07, 6.45) is -2.14.